The fourth-order valence-electron chi connectivity index (χ4n) is 1.92. The van der Waals surface area contributed by atoms with Crippen LogP contribution in [0.2, 0.25) is 0 Å². The maximum atomic E-state index is 11.9. The molecule has 6 heteroatoms. The molecule has 0 fully saturated rings. The number of halogens is 1. The minimum atomic E-state index is -1.02. The summed E-state index contributed by atoms with van der Waals surface area (Å²) in [6, 6.07) is 6.02. The summed E-state index contributed by atoms with van der Waals surface area (Å²) < 4.78 is 0.928. The van der Waals surface area contributed by atoms with Crippen LogP contribution in [0.5, 0.6) is 0 Å². The molecular weight excluding hydrogens is 336 g/mol. The van der Waals surface area contributed by atoms with Crippen LogP contribution in [0.3, 0.4) is 0 Å². The zero-order valence-corrected chi connectivity index (χ0v) is 14.0. The number of hydrogen-bond acceptors (Lipinski definition) is 2. The van der Waals surface area contributed by atoms with E-state index in [1.54, 1.807) is 6.92 Å². The van der Waals surface area contributed by atoms with Gasteiger partial charge in [0.15, 0.2) is 0 Å². The number of carbonyl (C=O) groups excluding carboxylic acids is 1. The molecule has 0 radical (unpaired) electrons. The lowest BCUT2D eigenvalue weighted by Crippen LogP contribution is -2.49. The topological polar surface area (TPSA) is 78.4 Å². The van der Waals surface area contributed by atoms with Gasteiger partial charge in [0.05, 0.1) is 6.04 Å². The number of rotatable bonds is 6. The number of nitrogens with one attached hydrogen (secondary N) is 2. The van der Waals surface area contributed by atoms with Crippen LogP contribution in [0.1, 0.15) is 38.8 Å². The van der Waals surface area contributed by atoms with Crippen molar-refractivity contribution in [1.29, 1.82) is 0 Å². The summed E-state index contributed by atoms with van der Waals surface area (Å²) in [5, 5.41) is 14.4. The number of carboxylic acids is 1. The van der Waals surface area contributed by atoms with Crippen LogP contribution in [-0.2, 0) is 4.79 Å². The van der Waals surface area contributed by atoms with E-state index in [2.05, 4.69) is 26.6 Å². The Morgan fingerprint density at radius 1 is 1.29 bits per heavy atom. The van der Waals surface area contributed by atoms with Gasteiger partial charge in [-0.15, -0.1) is 0 Å². The molecule has 0 bridgehead atoms. The normalized spacial score (nSPS) is 14.9. The second-order valence-corrected chi connectivity index (χ2v) is 6.01. The van der Waals surface area contributed by atoms with Crippen LogP contribution < -0.4 is 10.6 Å². The SMILES string of the molecule is CCC(C)C(NC(=O)NC(C)c1cccc(Br)c1)C(=O)O. The zero-order chi connectivity index (χ0) is 16.0. The monoisotopic (exact) mass is 356 g/mol. The first-order valence-corrected chi connectivity index (χ1v) is 7.69. The second kappa shape index (κ2) is 8.02. The Balaban J connectivity index is 2.65. The first kappa shape index (κ1) is 17.5. The van der Waals surface area contributed by atoms with Crippen molar-refractivity contribution in [3.8, 4) is 0 Å². The second-order valence-electron chi connectivity index (χ2n) is 5.10. The van der Waals surface area contributed by atoms with Crippen molar-refractivity contribution >= 4 is 27.9 Å². The molecule has 0 saturated carbocycles. The summed E-state index contributed by atoms with van der Waals surface area (Å²) in [6.07, 6.45) is 0.679. The van der Waals surface area contributed by atoms with Crippen molar-refractivity contribution in [1.82, 2.24) is 10.6 Å². The van der Waals surface area contributed by atoms with Crippen molar-refractivity contribution in [2.45, 2.75) is 39.3 Å². The zero-order valence-electron chi connectivity index (χ0n) is 12.4. The molecule has 0 heterocycles. The maximum absolute atomic E-state index is 11.9. The van der Waals surface area contributed by atoms with Crippen LogP contribution in [0.15, 0.2) is 28.7 Å². The van der Waals surface area contributed by atoms with Crippen LogP contribution in [0, 0.1) is 5.92 Å². The van der Waals surface area contributed by atoms with Crippen molar-refractivity contribution < 1.29 is 14.7 Å². The first-order chi connectivity index (χ1) is 9.85. The molecule has 3 atom stereocenters. The molecule has 0 spiro atoms. The van der Waals surface area contributed by atoms with Gasteiger partial charge in [-0.05, 0) is 30.5 Å². The Morgan fingerprint density at radius 3 is 2.48 bits per heavy atom. The molecule has 0 saturated heterocycles. The molecule has 2 amide bonds. The van der Waals surface area contributed by atoms with Crippen molar-refractivity contribution in [2.24, 2.45) is 5.92 Å². The third-order valence-corrected chi connectivity index (χ3v) is 3.96. The molecule has 21 heavy (non-hydrogen) atoms. The summed E-state index contributed by atoms with van der Waals surface area (Å²) in [5.74, 6) is -1.15. The number of amides is 2. The van der Waals surface area contributed by atoms with E-state index < -0.39 is 18.0 Å². The molecule has 0 aliphatic rings. The van der Waals surface area contributed by atoms with Crippen LogP contribution in [-0.4, -0.2) is 23.1 Å². The molecule has 1 aromatic carbocycles. The molecule has 116 valence electrons. The Kier molecular flexibility index (Phi) is 6.68. The Labute approximate surface area is 133 Å². The molecule has 1 aromatic rings. The van der Waals surface area contributed by atoms with Gasteiger partial charge in [-0.3, -0.25) is 0 Å². The fraction of sp³-hybridized carbons (Fsp3) is 0.467. The van der Waals surface area contributed by atoms with E-state index in [4.69, 9.17) is 5.11 Å². The third-order valence-electron chi connectivity index (χ3n) is 3.46. The highest BCUT2D eigenvalue weighted by atomic mass is 79.9. The van der Waals surface area contributed by atoms with Gasteiger partial charge < -0.3 is 15.7 Å². The summed E-state index contributed by atoms with van der Waals surface area (Å²) in [6.45, 7) is 5.54. The number of carbonyl (C=O) groups is 2. The largest absolute Gasteiger partial charge is 0.480 e. The molecule has 5 nitrogen and oxygen atoms in total. The average Bonchev–Trinajstić information content (AvgIpc) is 2.43. The lowest BCUT2D eigenvalue weighted by molar-refractivity contribution is -0.140. The Morgan fingerprint density at radius 2 is 1.95 bits per heavy atom. The van der Waals surface area contributed by atoms with Crippen molar-refractivity contribution in [3.63, 3.8) is 0 Å². The lowest BCUT2D eigenvalue weighted by Gasteiger charge is -2.22. The van der Waals surface area contributed by atoms with E-state index in [0.717, 1.165) is 10.0 Å². The quantitative estimate of drug-likeness (QED) is 0.731. The predicted octanol–water partition coefficient (Wildman–Crippen LogP) is 3.31. The lowest BCUT2D eigenvalue weighted by atomic mass is 9.99. The van der Waals surface area contributed by atoms with Gasteiger partial charge in [-0.2, -0.15) is 0 Å². The third kappa shape index (κ3) is 5.38. The van der Waals surface area contributed by atoms with Gasteiger partial charge in [-0.25, -0.2) is 9.59 Å². The number of benzene rings is 1. The van der Waals surface area contributed by atoms with Crippen LogP contribution >= 0.6 is 15.9 Å². The predicted molar refractivity (Wildman–Crippen MR) is 85.1 cm³/mol. The van der Waals surface area contributed by atoms with Gasteiger partial charge in [0.2, 0.25) is 0 Å². The molecule has 0 aromatic heterocycles. The highest BCUT2D eigenvalue weighted by molar-refractivity contribution is 9.10. The van der Waals surface area contributed by atoms with Crippen LogP contribution in [0.4, 0.5) is 4.79 Å². The maximum Gasteiger partial charge on any atom is 0.326 e. The molecule has 0 aliphatic heterocycles. The summed E-state index contributed by atoms with van der Waals surface area (Å²) in [7, 11) is 0. The first-order valence-electron chi connectivity index (χ1n) is 6.90. The van der Waals surface area contributed by atoms with Crippen LogP contribution in [0.25, 0.3) is 0 Å². The van der Waals surface area contributed by atoms with Gasteiger partial charge in [0.1, 0.15) is 6.04 Å². The standard InChI is InChI=1S/C15H21BrN2O3/c1-4-9(2)13(14(19)20)18-15(21)17-10(3)11-6-5-7-12(16)8-11/h5-10,13H,4H2,1-3H3,(H,19,20)(H2,17,18,21). The summed E-state index contributed by atoms with van der Waals surface area (Å²) in [4.78, 5) is 23.1. The molecule has 3 N–H and O–H groups in total. The average molecular weight is 357 g/mol. The van der Waals surface area contributed by atoms with E-state index in [1.165, 1.54) is 0 Å². The van der Waals surface area contributed by atoms with E-state index in [9.17, 15) is 9.59 Å². The molecular formula is C15H21BrN2O3. The minimum absolute atomic E-state index is 0.130. The Hall–Kier alpha value is -1.56. The van der Waals surface area contributed by atoms with Gasteiger partial charge in [0.25, 0.3) is 0 Å². The number of hydrogen-bond donors (Lipinski definition) is 3. The van der Waals surface area contributed by atoms with Crippen molar-refractivity contribution in [2.75, 3.05) is 0 Å². The smallest absolute Gasteiger partial charge is 0.326 e. The highest BCUT2D eigenvalue weighted by Crippen LogP contribution is 2.17. The van der Waals surface area contributed by atoms with Gasteiger partial charge in [-0.1, -0.05) is 48.3 Å². The Bertz CT molecular complexity index is 507. The minimum Gasteiger partial charge on any atom is -0.480 e. The summed E-state index contributed by atoms with van der Waals surface area (Å²) >= 11 is 3.38. The van der Waals surface area contributed by atoms with E-state index in [-0.39, 0.29) is 12.0 Å². The van der Waals surface area contributed by atoms with Gasteiger partial charge >= 0.3 is 12.0 Å². The van der Waals surface area contributed by atoms with E-state index in [0.29, 0.717) is 6.42 Å². The number of urea groups is 1. The van der Waals surface area contributed by atoms with Crippen molar-refractivity contribution in [3.05, 3.63) is 34.3 Å². The summed E-state index contributed by atoms with van der Waals surface area (Å²) in [5.41, 5.74) is 0.940. The highest BCUT2D eigenvalue weighted by Gasteiger charge is 2.25. The van der Waals surface area contributed by atoms with Gasteiger partial charge in [0, 0.05) is 4.47 Å². The van der Waals surface area contributed by atoms with E-state index >= 15 is 0 Å². The number of aliphatic carboxylic acids is 1. The molecule has 1 rings (SSSR count). The van der Waals surface area contributed by atoms with E-state index in [1.807, 2.05) is 38.1 Å². The molecule has 3 unspecified atom stereocenters. The molecule has 0 aliphatic carbocycles. The fourth-order valence-corrected chi connectivity index (χ4v) is 2.34. The number of carboxylic acid groups (broad SMARTS) is 1.